The number of nitrogens with one attached hydrogen (secondary N) is 1. The molecule has 3 rings (SSSR count). The van der Waals surface area contributed by atoms with Gasteiger partial charge in [0.15, 0.2) is 0 Å². The van der Waals surface area contributed by atoms with Gasteiger partial charge in [-0.1, -0.05) is 18.2 Å². The van der Waals surface area contributed by atoms with E-state index in [2.05, 4.69) is 9.98 Å². The second-order valence-electron chi connectivity index (χ2n) is 5.35. The molecule has 0 aliphatic rings. The molecule has 0 atom stereocenters. The van der Waals surface area contributed by atoms with Gasteiger partial charge in [0, 0.05) is 6.21 Å². The van der Waals surface area contributed by atoms with Crippen LogP contribution in [0.25, 0.3) is 5.69 Å². The van der Waals surface area contributed by atoms with Gasteiger partial charge in [-0.3, -0.25) is 14.8 Å². The van der Waals surface area contributed by atoms with E-state index in [0.717, 1.165) is 22.3 Å². The van der Waals surface area contributed by atoms with Crippen LogP contribution in [0.1, 0.15) is 11.1 Å². The molecule has 3 aromatic rings. The summed E-state index contributed by atoms with van der Waals surface area (Å²) >= 11 is 0. The van der Waals surface area contributed by atoms with Crippen LogP contribution in [0.15, 0.2) is 63.1 Å². The van der Waals surface area contributed by atoms with Crippen molar-refractivity contribution in [2.45, 2.75) is 6.92 Å². The molecular formula is C18H14FN3O3. The summed E-state index contributed by atoms with van der Waals surface area (Å²) in [5, 5.41) is 10.4. The van der Waals surface area contributed by atoms with Crippen molar-refractivity contribution in [1.29, 1.82) is 0 Å². The third kappa shape index (κ3) is 3.25. The van der Waals surface area contributed by atoms with Crippen LogP contribution < -0.4 is 11.2 Å². The van der Waals surface area contributed by atoms with E-state index in [-0.39, 0.29) is 11.3 Å². The van der Waals surface area contributed by atoms with Crippen LogP contribution in [0.4, 0.5) is 10.1 Å². The van der Waals surface area contributed by atoms with Crippen LogP contribution in [-0.4, -0.2) is 20.9 Å². The maximum Gasteiger partial charge on any atom is 0.335 e. The first kappa shape index (κ1) is 16.4. The lowest BCUT2D eigenvalue weighted by atomic mass is 10.2. The summed E-state index contributed by atoms with van der Waals surface area (Å²) < 4.78 is 13.9. The van der Waals surface area contributed by atoms with Crippen LogP contribution >= 0.6 is 0 Å². The minimum Gasteiger partial charge on any atom is -0.493 e. The lowest BCUT2D eigenvalue weighted by molar-refractivity contribution is 0.430. The molecule has 7 heteroatoms. The molecule has 0 spiro atoms. The first-order valence-corrected chi connectivity index (χ1v) is 7.41. The Labute approximate surface area is 141 Å². The maximum atomic E-state index is 13.1. The van der Waals surface area contributed by atoms with Crippen molar-refractivity contribution in [3.63, 3.8) is 0 Å². The van der Waals surface area contributed by atoms with Crippen molar-refractivity contribution in [2.24, 2.45) is 4.99 Å². The second-order valence-corrected chi connectivity index (χ2v) is 5.35. The number of para-hydroxylation sites is 1. The second kappa shape index (κ2) is 6.56. The molecule has 25 heavy (non-hydrogen) atoms. The minimum absolute atomic E-state index is 0.174. The Morgan fingerprint density at radius 1 is 1.12 bits per heavy atom. The van der Waals surface area contributed by atoms with E-state index in [1.54, 1.807) is 12.1 Å². The molecule has 0 aliphatic heterocycles. The Balaban J connectivity index is 2.14. The van der Waals surface area contributed by atoms with Crippen molar-refractivity contribution in [3.8, 4) is 11.6 Å². The van der Waals surface area contributed by atoms with Gasteiger partial charge in [-0.2, -0.15) is 0 Å². The highest BCUT2D eigenvalue weighted by Crippen LogP contribution is 2.19. The molecule has 2 aromatic carbocycles. The summed E-state index contributed by atoms with van der Waals surface area (Å²) in [4.78, 5) is 30.4. The topological polar surface area (TPSA) is 87.4 Å². The largest absolute Gasteiger partial charge is 0.493 e. The van der Waals surface area contributed by atoms with Gasteiger partial charge >= 0.3 is 5.69 Å². The highest BCUT2D eigenvalue weighted by atomic mass is 19.1. The zero-order valence-corrected chi connectivity index (χ0v) is 13.2. The lowest BCUT2D eigenvalue weighted by Crippen LogP contribution is -2.31. The Bertz CT molecular complexity index is 1070. The fourth-order valence-corrected chi connectivity index (χ4v) is 2.33. The molecule has 6 nitrogen and oxygen atoms in total. The molecule has 126 valence electrons. The first-order chi connectivity index (χ1) is 12.0. The van der Waals surface area contributed by atoms with Crippen LogP contribution in [0.2, 0.25) is 0 Å². The summed E-state index contributed by atoms with van der Waals surface area (Å²) in [6.45, 7) is 1.86. The van der Waals surface area contributed by atoms with Crippen molar-refractivity contribution >= 4 is 11.9 Å². The molecule has 0 fully saturated rings. The summed E-state index contributed by atoms with van der Waals surface area (Å²) in [6, 6.07) is 12.2. The molecule has 0 radical (unpaired) electrons. The van der Waals surface area contributed by atoms with E-state index >= 15 is 0 Å². The number of nitrogens with zero attached hydrogens (tertiary/aromatic N) is 2. The number of hydrogen-bond acceptors (Lipinski definition) is 4. The molecule has 2 N–H and O–H groups in total. The summed E-state index contributed by atoms with van der Waals surface area (Å²) in [5.74, 6) is -1.06. The van der Waals surface area contributed by atoms with Gasteiger partial charge in [-0.25, -0.2) is 13.8 Å². The standard InChI is InChI=1S/C18H14FN3O3/c1-11-4-2-3-5-15(11)20-10-14-16(23)21-18(25)22(17(14)24)13-8-6-12(19)7-9-13/h2-10,24H,1H3,(H,21,23,25). The molecular weight excluding hydrogens is 325 g/mol. The summed E-state index contributed by atoms with van der Waals surface area (Å²) in [5.41, 5.74) is -0.0411. The van der Waals surface area contributed by atoms with Crippen molar-refractivity contribution in [2.75, 3.05) is 0 Å². The molecule has 0 saturated carbocycles. The number of aromatic amines is 1. The molecule has 0 aliphatic carbocycles. The van der Waals surface area contributed by atoms with Gasteiger partial charge in [0.25, 0.3) is 5.56 Å². The van der Waals surface area contributed by atoms with Gasteiger partial charge in [0.1, 0.15) is 11.4 Å². The van der Waals surface area contributed by atoms with Crippen molar-refractivity contribution in [3.05, 3.63) is 86.3 Å². The molecule has 1 heterocycles. The van der Waals surface area contributed by atoms with Gasteiger partial charge in [-0.05, 0) is 42.8 Å². The monoisotopic (exact) mass is 339 g/mol. The zero-order valence-electron chi connectivity index (χ0n) is 13.2. The highest BCUT2D eigenvalue weighted by Gasteiger charge is 2.14. The number of aromatic nitrogens is 2. The Hall–Kier alpha value is -3.48. The number of aromatic hydroxyl groups is 1. The SMILES string of the molecule is Cc1ccccc1N=Cc1c(O)n(-c2ccc(F)cc2)c(=O)[nH]c1=O. The number of aryl methyl sites for hydroxylation is 1. The number of benzene rings is 2. The Kier molecular flexibility index (Phi) is 4.30. The van der Waals surface area contributed by atoms with Gasteiger partial charge in [-0.15, -0.1) is 0 Å². The Morgan fingerprint density at radius 3 is 2.48 bits per heavy atom. The van der Waals surface area contributed by atoms with Crippen LogP contribution in [0.3, 0.4) is 0 Å². The molecule has 1 aromatic heterocycles. The third-order valence-electron chi connectivity index (χ3n) is 3.65. The van der Waals surface area contributed by atoms with Gasteiger partial charge in [0.05, 0.1) is 11.4 Å². The fourth-order valence-electron chi connectivity index (χ4n) is 2.33. The average Bonchev–Trinajstić information content (AvgIpc) is 2.57. The van der Waals surface area contributed by atoms with Crippen LogP contribution in [0, 0.1) is 12.7 Å². The fraction of sp³-hybridized carbons (Fsp3) is 0.0556. The normalized spacial score (nSPS) is 11.1. The predicted molar refractivity (Wildman–Crippen MR) is 92.7 cm³/mol. The minimum atomic E-state index is -0.831. The van der Waals surface area contributed by atoms with Crippen LogP contribution in [0.5, 0.6) is 5.88 Å². The van der Waals surface area contributed by atoms with E-state index in [1.807, 2.05) is 19.1 Å². The zero-order chi connectivity index (χ0) is 18.0. The number of halogens is 1. The van der Waals surface area contributed by atoms with Gasteiger partial charge < -0.3 is 5.11 Å². The maximum absolute atomic E-state index is 13.1. The molecule has 0 bridgehead atoms. The van der Waals surface area contributed by atoms with Crippen molar-refractivity contribution < 1.29 is 9.50 Å². The smallest absolute Gasteiger partial charge is 0.335 e. The third-order valence-corrected chi connectivity index (χ3v) is 3.65. The molecule has 0 unspecified atom stereocenters. The number of aliphatic imine (C=N–C) groups is 1. The Morgan fingerprint density at radius 2 is 1.80 bits per heavy atom. The van der Waals surface area contributed by atoms with Crippen LogP contribution in [-0.2, 0) is 0 Å². The first-order valence-electron chi connectivity index (χ1n) is 7.41. The average molecular weight is 339 g/mol. The number of rotatable bonds is 3. The van der Waals surface area contributed by atoms with E-state index in [1.165, 1.54) is 18.3 Å². The highest BCUT2D eigenvalue weighted by molar-refractivity contribution is 5.84. The van der Waals surface area contributed by atoms with E-state index in [9.17, 15) is 19.1 Å². The molecule has 0 amide bonds. The van der Waals surface area contributed by atoms with Crippen molar-refractivity contribution in [1.82, 2.24) is 9.55 Å². The number of hydrogen-bond donors (Lipinski definition) is 2. The number of H-pyrrole nitrogens is 1. The van der Waals surface area contributed by atoms with E-state index < -0.39 is 22.9 Å². The quantitative estimate of drug-likeness (QED) is 0.719. The summed E-state index contributed by atoms with van der Waals surface area (Å²) in [6.07, 6.45) is 1.19. The summed E-state index contributed by atoms with van der Waals surface area (Å²) in [7, 11) is 0. The molecule has 0 saturated heterocycles. The van der Waals surface area contributed by atoms with E-state index in [0.29, 0.717) is 5.69 Å². The lowest BCUT2D eigenvalue weighted by Gasteiger charge is -2.09. The van der Waals surface area contributed by atoms with E-state index in [4.69, 9.17) is 0 Å². The van der Waals surface area contributed by atoms with Gasteiger partial charge in [0.2, 0.25) is 5.88 Å². The predicted octanol–water partition coefficient (Wildman–Crippen LogP) is 2.43.